The van der Waals surface area contributed by atoms with E-state index in [0.717, 1.165) is 62.4 Å². The molecule has 0 atom stereocenters. The largest absolute Gasteiger partial charge is 0.357 e. The van der Waals surface area contributed by atoms with Crippen LogP contribution in [0.1, 0.15) is 27.9 Å². The van der Waals surface area contributed by atoms with Crippen LogP contribution in [0.2, 0.25) is 10.0 Å². The topological polar surface area (TPSA) is 89.5 Å². The number of likely N-dealkylation sites (N-methyl/N-ethyl adjacent to an activating group) is 1. The van der Waals surface area contributed by atoms with Gasteiger partial charge >= 0.3 is 0 Å². The molecule has 9 nitrogen and oxygen atoms in total. The molecule has 0 bridgehead atoms. The Bertz CT molecular complexity index is 1300. The molecule has 0 spiro atoms. The molecule has 0 aliphatic carbocycles. The zero-order chi connectivity index (χ0) is 25.9. The molecule has 1 fully saturated rings. The van der Waals surface area contributed by atoms with Crippen LogP contribution in [0.4, 0.5) is 23.5 Å². The van der Waals surface area contributed by atoms with E-state index in [0.29, 0.717) is 40.0 Å². The second-order valence-electron chi connectivity index (χ2n) is 9.32. The number of hydrogen-bond donors (Lipinski definition) is 2. The van der Waals surface area contributed by atoms with Crippen molar-refractivity contribution in [2.45, 2.75) is 19.4 Å². The predicted octanol–water partition coefficient (Wildman–Crippen LogP) is 3.99. The van der Waals surface area contributed by atoms with Gasteiger partial charge in [0.05, 0.1) is 0 Å². The van der Waals surface area contributed by atoms with E-state index in [-0.39, 0.29) is 5.91 Å². The number of nitrogens with one attached hydrogen (secondary N) is 2. The second kappa shape index (κ2) is 11.1. The van der Waals surface area contributed by atoms with Crippen molar-refractivity contribution in [1.29, 1.82) is 0 Å². The van der Waals surface area contributed by atoms with Gasteiger partial charge < -0.3 is 25.3 Å². The Morgan fingerprint density at radius 3 is 2.54 bits per heavy atom. The average molecular weight is 541 g/mol. The number of aryl methyl sites for hydroxylation is 1. The van der Waals surface area contributed by atoms with Gasteiger partial charge in [-0.2, -0.15) is 15.0 Å². The van der Waals surface area contributed by atoms with Crippen molar-refractivity contribution in [3.63, 3.8) is 0 Å². The number of fused-ring (bicyclic) bond motifs is 1. The van der Waals surface area contributed by atoms with Crippen LogP contribution in [0.3, 0.4) is 0 Å². The average Bonchev–Trinajstić information content (AvgIpc) is 2.92. The van der Waals surface area contributed by atoms with Crippen LogP contribution in [-0.2, 0) is 13.0 Å². The van der Waals surface area contributed by atoms with Gasteiger partial charge in [-0.1, -0.05) is 23.2 Å². The predicted molar refractivity (Wildman–Crippen MR) is 148 cm³/mol. The van der Waals surface area contributed by atoms with Crippen LogP contribution in [0.25, 0.3) is 0 Å². The van der Waals surface area contributed by atoms with Crippen molar-refractivity contribution in [3.05, 3.63) is 63.1 Å². The summed E-state index contributed by atoms with van der Waals surface area (Å²) in [5, 5.41) is 7.18. The molecule has 1 saturated heterocycles. The summed E-state index contributed by atoms with van der Waals surface area (Å²) in [4.78, 5) is 33.7. The van der Waals surface area contributed by atoms with Crippen molar-refractivity contribution >= 4 is 52.6 Å². The molecule has 2 N–H and O–H groups in total. The number of aromatic nitrogens is 3. The highest BCUT2D eigenvalue weighted by atomic mass is 35.5. The summed E-state index contributed by atoms with van der Waals surface area (Å²) in [6.45, 7) is 4.78. The van der Waals surface area contributed by atoms with Crippen LogP contribution in [0.15, 0.2) is 36.4 Å². The smallest absolute Gasteiger partial charge is 0.251 e. The lowest BCUT2D eigenvalue weighted by Gasteiger charge is -2.34. The second-order valence-corrected chi connectivity index (χ2v) is 10.2. The van der Waals surface area contributed by atoms with Crippen molar-refractivity contribution < 1.29 is 4.79 Å². The van der Waals surface area contributed by atoms with Crippen LogP contribution < -0.4 is 20.4 Å². The molecule has 2 aliphatic rings. The molecule has 194 valence electrons. The van der Waals surface area contributed by atoms with Crippen LogP contribution in [0.5, 0.6) is 0 Å². The Balaban J connectivity index is 1.36. The molecular weight excluding hydrogens is 511 g/mol. The van der Waals surface area contributed by atoms with Crippen LogP contribution >= 0.6 is 23.2 Å². The summed E-state index contributed by atoms with van der Waals surface area (Å²) < 4.78 is 0. The van der Waals surface area contributed by atoms with Gasteiger partial charge in [0.25, 0.3) is 5.91 Å². The number of benzene rings is 2. The van der Waals surface area contributed by atoms with Crippen molar-refractivity contribution in [3.8, 4) is 0 Å². The van der Waals surface area contributed by atoms with E-state index in [1.54, 1.807) is 18.2 Å². The number of halogens is 2. The number of rotatable bonds is 6. The molecule has 3 heterocycles. The highest BCUT2D eigenvalue weighted by molar-refractivity contribution is 6.33. The van der Waals surface area contributed by atoms with Crippen molar-refractivity contribution in [2.24, 2.45) is 0 Å². The zero-order valence-electron chi connectivity index (χ0n) is 21.0. The quantitative estimate of drug-likeness (QED) is 0.485. The molecule has 3 aromatic rings. The maximum absolute atomic E-state index is 12.9. The molecule has 1 aromatic heterocycles. The van der Waals surface area contributed by atoms with Crippen LogP contribution in [0, 0.1) is 0 Å². The molecule has 5 rings (SSSR count). The first kappa shape index (κ1) is 25.5. The summed E-state index contributed by atoms with van der Waals surface area (Å²) in [7, 11) is 3.94. The highest BCUT2D eigenvalue weighted by Gasteiger charge is 2.25. The Morgan fingerprint density at radius 1 is 0.973 bits per heavy atom. The maximum Gasteiger partial charge on any atom is 0.251 e. The lowest BCUT2D eigenvalue weighted by molar-refractivity contribution is 0.0951. The third-order valence-electron chi connectivity index (χ3n) is 6.77. The lowest BCUT2D eigenvalue weighted by Crippen LogP contribution is -2.45. The molecule has 0 unspecified atom stereocenters. The minimum atomic E-state index is -0.161. The zero-order valence-corrected chi connectivity index (χ0v) is 22.5. The molecule has 37 heavy (non-hydrogen) atoms. The number of anilines is 4. The van der Waals surface area contributed by atoms with Crippen LogP contribution in [-0.4, -0.2) is 72.6 Å². The SMILES string of the molecule is CNc1nc(N2CCN(C)CC2)nc(N2CCCc3cc(C(=O)NCc4cc(Cl)ccc4Cl)ccc32)n1. The molecule has 0 saturated carbocycles. The number of amides is 1. The third-order valence-corrected chi connectivity index (χ3v) is 7.37. The number of nitrogens with zero attached hydrogens (tertiary/aromatic N) is 6. The van der Waals surface area contributed by atoms with Crippen molar-refractivity contribution in [2.75, 3.05) is 61.9 Å². The van der Waals surface area contributed by atoms with Gasteiger partial charge in [-0.15, -0.1) is 0 Å². The monoisotopic (exact) mass is 540 g/mol. The lowest BCUT2D eigenvalue weighted by atomic mass is 9.99. The highest BCUT2D eigenvalue weighted by Crippen LogP contribution is 2.33. The summed E-state index contributed by atoms with van der Waals surface area (Å²) in [5.41, 5.74) is 3.48. The molecule has 2 aromatic carbocycles. The number of hydrogen-bond acceptors (Lipinski definition) is 8. The number of piperazine rings is 1. The fraction of sp³-hybridized carbons (Fsp3) is 0.385. The molecule has 11 heteroatoms. The van der Waals surface area contributed by atoms with Gasteiger partial charge in [-0.25, -0.2) is 0 Å². The van der Waals surface area contributed by atoms with Gasteiger partial charge in [0.1, 0.15) is 0 Å². The van der Waals surface area contributed by atoms with Gasteiger partial charge in [0.2, 0.25) is 17.8 Å². The number of carbonyl (C=O) groups excluding carboxylic acids is 1. The van der Waals surface area contributed by atoms with E-state index in [1.807, 2.05) is 25.2 Å². The molecule has 1 amide bonds. The minimum Gasteiger partial charge on any atom is -0.357 e. The molecular formula is C26H30Cl2N8O. The first-order chi connectivity index (χ1) is 17.9. The van der Waals surface area contributed by atoms with E-state index < -0.39 is 0 Å². The fourth-order valence-electron chi connectivity index (χ4n) is 4.64. The summed E-state index contributed by atoms with van der Waals surface area (Å²) in [6.07, 6.45) is 1.81. The standard InChI is InChI=1S/C26H30Cl2N8O/c1-29-24-31-25(35-12-10-34(2)11-13-35)33-26(32-24)36-9-3-4-17-14-18(5-8-22(17)36)23(37)30-16-19-15-20(27)6-7-21(19)28/h5-8,14-15H,3-4,9-13,16H2,1-2H3,(H,30,37)(H,29,31,32,33). The fourth-order valence-corrected chi connectivity index (χ4v) is 5.02. The summed E-state index contributed by atoms with van der Waals surface area (Å²) >= 11 is 12.3. The third kappa shape index (κ3) is 5.74. The summed E-state index contributed by atoms with van der Waals surface area (Å²) in [6, 6.07) is 11.0. The van der Waals surface area contributed by atoms with Gasteiger partial charge in [-0.3, -0.25) is 4.79 Å². The maximum atomic E-state index is 12.9. The number of carbonyl (C=O) groups is 1. The first-order valence-electron chi connectivity index (χ1n) is 12.4. The Labute approximate surface area is 226 Å². The van der Waals surface area contributed by atoms with Crippen molar-refractivity contribution in [1.82, 2.24) is 25.2 Å². The van der Waals surface area contributed by atoms with Gasteiger partial charge in [0, 0.05) is 67.6 Å². The van der Waals surface area contributed by atoms with E-state index in [9.17, 15) is 4.79 Å². The van der Waals surface area contributed by atoms with E-state index >= 15 is 0 Å². The Morgan fingerprint density at radius 2 is 1.76 bits per heavy atom. The Kier molecular flexibility index (Phi) is 7.64. The van der Waals surface area contributed by atoms with E-state index in [1.165, 1.54) is 0 Å². The molecule has 2 aliphatic heterocycles. The summed E-state index contributed by atoms with van der Waals surface area (Å²) in [5.74, 6) is 1.68. The van der Waals surface area contributed by atoms with E-state index in [4.69, 9.17) is 28.2 Å². The van der Waals surface area contributed by atoms with E-state index in [2.05, 4.69) is 42.3 Å². The Hall–Kier alpha value is -3.14. The van der Waals surface area contributed by atoms with Gasteiger partial charge in [0.15, 0.2) is 0 Å². The molecule has 0 radical (unpaired) electrons. The normalized spacial score (nSPS) is 15.9. The van der Waals surface area contributed by atoms with Gasteiger partial charge in [-0.05, 0) is 67.4 Å². The first-order valence-corrected chi connectivity index (χ1v) is 13.2. The minimum absolute atomic E-state index is 0.161.